The van der Waals surface area contributed by atoms with Crippen LogP contribution in [0.15, 0.2) is 225 Å². The summed E-state index contributed by atoms with van der Waals surface area (Å²) in [4.78, 5) is 76.1. The quantitative estimate of drug-likeness (QED) is 0.0311. The summed E-state index contributed by atoms with van der Waals surface area (Å²) in [6.45, 7) is 25.6. The molecule has 17 aromatic rings. The van der Waals surface area contributed by atoms with Crippen LogP contribution >= 0.6 is 46.4 Å². The molecule has 2 spiro atoms. The third-order valence-electron chi connectivity index (χ3n) is 30.2. The van der Waals surface area contributed by atoms with Gasteiger partial charge in [0.1, 0.15) is 51.6 Å². The van der Waals surface area contributed by atoms with Crippen molar-refractivity contribution >= 4 is 142 Å². The molecule has 750 valence electrons. The number of aliphatic hydroxyl groups is 2. The lowest BCUT2D eigenvalue weighted by Crippen LogP contribution is -2.34. The van der Waals surface area contributed by atoms with Crippen LogP contribution in [0.5, 0.6) is 40.2 Å². The molecule has 0 aliphatic carbocycles. The molecule has 2 N–H and O–H groups in total. The topological polar surface area (TPSA) is 263 Å². The Bertz CT molecular complexity index is 7780. The van der Waals surface area contributed by atoms with Crippen molar-refractivity contribution in [2.75, 3.05) is 87.2 Å². The molecule has 0 bridgehead atoms. The smallest absolute Gasteiger partial charge is 0.360 e. The molecule has 6 aliphatic heterocycles. The van der Waals surface area contributed by atoms with Gasteiger partial charge < -0.3 is 90.7 Å². The Morgan fingerprint density at radius 2 is 0.755 bits per heavy atom. The highest BCUT2D eigenvalue weighted by atomic mass is 35.5. The number of carbonyl (C=O) groups is 4. The van der Waals surface area contributed by atoms with Crippen LogP contribution in [-0.4, -0.2) is 135 Å². The summed E-state index contributed by atoms with van der Waals surface area (Å²) < 4.78 is 64.1. The van der Waals surface area contributed by atoms with Gasteiger partial charge in [0.15, 0.2) is 16.9 Å². The summed E-state index contributed by atoms with van der Waals surface area (Å²) in [7, 11) is 14.9. The van der Waals surface area contributed by atoms with Crippen molar-refractivity contribution in [2.45, 2.75) is 105 Å². The van der Waals surface area contributed by atoms with E-state index in [-0.39, 0.29) is 50.5 Å². The number of hydrogen-bond donors (Lipinski definition) is 2. The van der Waals surface area contributed by atoms with E-state index in [2.05, 4.69) is 90.5 Å². The predicted octanol–water partition coefficient (Wildman–Crippen LogP) is 24.1. The minimum Gasteiger partial charge on any atom is -0.497 e. The number of rotatable bonds is 20. The second kappa shape index (κ2) is 38.4. The number of aromatic nitrogens is 7. The van der Waals surface area contributed by atoms with Gasteiger partial charge in [0.2, 0.25) is 11.2 Å². The van der Waals surface area contributed by atoms with Gasteiger partial charge in [0.25, 0.3) is 0 Å². The van der Waals surface area contributed by atoms with Crippen LogP contribution in [0.2, 0.25) is 20.1 Å². The van der Waals surface area contributed by atoms with Gasteiger partial charge in [-0.15, -0.1) is 0 Å². The number of anilines is 5. The molecule has 3 atom stereocenters. The molecule has 0 saturated heterocycles. The Hall–Kier alpha value is -15.0. The van der Waals surface area contributed by atoms with Gasteiger partial charge in [0, 0.05) is 262 Å². The predicted molar refractivity (Wildman–Crippen MR) is 574 cm³/mol. The van der Waals surface area contributed by atoms with E-state index in [9.17, 15) is 29.4 Å². The van der Waals surface area contributed by atoms with Crippen molar-refractivity contribution in [3.05, 3.63) is 368 Å². The number of aryl methyl sites for hydroxylation is 4. The lowest BCUT2D eigenvalue weighted by molar-refractivity contribution is 0.0214. The fourth-order valence-corrected chi connectivity index (χ4v) is 23.7. The summed E-state index contributed by atoms with van der Waals surface area (Å²) in [5.74, 6) is 2.56. The van der Waals surface area contributed by atoms with E-state index in [0.717, 1.165) is 184 Å². The van der Waals surface area contributed by atoms with Gasteiger partial charge in [-0.2, -0.15) is 0 Å². The van der Waals surface area contributed by atoms with Gasteiger partial charge >= 0.3 is 23.9 Å². The molecule has 23 rings (SSSR count). The van der Waals surface area contributed by atoms with E-state index in [1.54, 1.807) is 45.9 Å². The number of methoxy groups -OCH3 is 3. The number of pyridine rings is 1. The van der Waals surface area contributed by atoms with Crippen molar-refractivity contribution in [2.24, 2.45) is 28.2 Å². The van der Waals surface area contributed by atoms with Gasteiger partial charge in [-0.05, 0) is 214 Å². The van der Waals surface area contributed by atoms with Gasteiger partial charge in [-0.1, -0.05) is 94.9 Å². The Kier molecular flexibility index (Phi) is 26.0. The first-order chi connectivity index (χ1) is 70.9. The van der Waals surface area contributed by atoms with Crippen LogP contribution in [0.1, 0.15) is 184 Å². The summed E-state index contributed by atoms with van der Waals surface area (Å²) >= 11 is 26.2. The monoisotopic (exact) mass is 2050 g/mol. The average molecular weight is 2050 g/mol. The maximum absolute atomic E-state index is 13.4. The Labute approximate surface area is 870 Å². The molecule has 12 heterocycles. The highest BCUT2D eigenvalue weighted by Gasteiger charge is 2.61. The van der Waals surface area contributed by atoms with Gasteiger partial charge in [-0.3, -0.25) is 9.97 Å². The van der Waals surface area contributed by atoms with Crippen LogP contribution in [0.25, 0.3) is 43.6 Å². The molecular formula is C117H109Cl4N11O15. The fourth-order valence-electron chi connectivity index (χ4n) is 22.6. The van der Waals surface area contributed by atoms with E-state index in [4.69, 9.17) is 99.0 Å². The number of esters is 4. The van der Waals surface area contributed by atoms with Crippen LogP contribution in [0.3, 0.4) is 0 Å². The molecule has 0 radical (unpaired) electrons. The summed E-state index contributed by atoms with van der Waals surface area (Å²) in [5, 5.41) is 23.7. The number of nitrogens with zero attached hydrogens (tertiary/aromatic N) is 11. The van der Waals surface area contributed by atoms with Crippen LogP contribution in [0, 0.1) is 27.7 Å². The van der Waals surface area contributed by atoms with Crippen molar-refractivity contribution in [1.82, 2.24) is 33.2 Å². The molecule has 30 heteroatoms. The van der Waals surface area contributed by atoms with Crippen LogP contribution < -0.4 is 43.3 Å². The number of ether oxygens (including phenoxy) is 9. The first-order valence-corrected chi connectivity index (χ1v) is 50.3. The van der Waals surface area contributed by atoms with Crippen molar-refractivity contribution in [3.63, 3.8) is 0 Å². The van der Waals surface area contributed by atoms with E-state index in [1.165, 1.54) is 6.20 Å². The van der Waals surface area contributed by atoms with E-state index < -0.39 is 40.3 Å². The molecule has 11 aromatic carbocycles. The lowest BCUT2D eigenvalue weighted by atomic mass is 9.77. The molecule has 0 fully saturated rings. The highest BCUT2D eigenvalue weighted by Crippen LogP contribution is 2.64. The zero-order valence-electron chi connectivity index (χ0n) is 84.7. The number of carbonyl (C=O) groups excluding carboxylic acids is 4. The minimum absolute atomic E-state index is 0.0158. The Morgan fingerprint density at radius 3 is 1.23 bits per heavy atom. The molecule has 0 amide bonds. The number of aliphatic hydroxyl groups excluding tert-OH is 2. The molecule has 6 aromatic heterocycles. The maximum Gasteiger partial charge on any atom is 0.360 e. The molecule has 0 saturated carbocycles. The third-order valence-corrected chi connectivity index (χ3v) is 32.0. The molecular weight excluding hydrogens is 1940 g/mol. The molecule has 3 unspecified atom stereocenters. The zero-order valence-corrected chi connectivity index (χ0v) is 87.7. The molecule has 26 nitrogen and oxygen atoms in total. The summed E-state index contributed by atoms with van der Waals surface area (Å²) in [6, 6.07) is 66.6. The minimum atomic E-state index is -1.41. The number of para-hydroxylation sites is 1. The second-order valence-corrected chi connectivity index (χ2v) is 38.5. The summed E-state index contributed by atoms with van der Waals surface area (Å²) in [5.41, 5.74) is 18.6. The van der Waals surface area contributed by atoms with Crippen LogP contribution in [-0.2, 0) is 82.8 Å². The molecule has 6 aliphatic rings. The maximum atomic E-state index is 13.4. The number of hydrogen-bond acceptors (Lipinski definition) is 22. The first-order valence-electron chi connectivity index (χ1n) is 48.8. The summed E-state index contributed by atoms with van der Waals surface area (Å²) in [6.07, 6.45) is 4.81. The first kappa shape index (κ1) is 99.3. The highest BCUT2D eigenvalue weighted by molar-refractivity contribution is 6.53. The van der Waals surface area contributed by atoms with Crippen molar-refractivity contribution in [3.8, 4) is 40.2 Å². The lowest BCUT2D eigenvalue weighted by Gasteiger charge is -2.38. The van der Waals surface area contributed by atoms with E-state index in [0.29, 0.717) is 79.5 Å². The number of fused-ring (bicyclic) bond motifs is 18. The van der Waals surface area contributed by atoms with E-state index in [1.807, 2.05) is 251 Å². The van der Waals surface area contributed by atoms with Gasteiger partial charge in [0.05, 0.1) is 77.0 Å². The average Bonchev–Trinajstić information content (AvgIpc) is 1.52. The fraction of sp³-hybridized carbons (Fsp3) is 0.256. The third kappa shape index (κ3) is 15.2. The zero-order chi connectivity index (χ0) is 104. The number of benzene rings is 11. The molecule has 147 heavy (non-hydrogen) atoms. The van der Waals surface area contributed by atoms with E-state index >= 15 is 0 Å². The number of cyclic esters (lactones) is 2. The normalized spacial score (nSPS) is 16.4. The Morgan fingerprint density at radius 1 is 0.354 bits per heavy atom. The standard InChI is InChI=1S/C32H30N2O4.C29H27N3O4.C28H26Cl4N2O3.C28H26N4O4/c1-5-34(6-2)22-16-17-25-28(18-22)37-29-20-30(36-4)27(33(3)21-12-8-7-9-13-21)19-26(29)32(25)24-15-11-10-14-23(24)31(35)38-32;1-16-25(21-13-18(15-33)8-10-23(21)31(16)3)29(27-20(28(34)36-29)7-6-12-30-27)26-17(2)32(4)24-11-9-19(35-5)14-22(24)26;1-5-33(6-2)15-9-11-17-19(13-15)36-20-14-16(34(7-3)8-4)10-12-18(20)28(17)22-21(27(35)37-28)23(29)25(31)26(32)24(22)30;1-15-23(19-12-17(14-33)6-8-21(19)31(15)3)28(26-25(27(34)36-28)29-10-11-30-26)24-16(2)32(4)22-9-7-18(35-5)13-20(22)24/h7-20H,5-6H2,1-4H3;6-14,33H,15H2,1-5H3;9-14H,5-8H2,1-4H3;6-13,33H,14H2,1-5H3. The van der Waals surface area contributed by atoms with Crippen molar-refractivity contribution in [1.29, 1.82) is 0 Å². The largest absolute Gasteiger partial charge is 0.497 e. The van der Waals surface area contributed by atoms with Crippen LogP contribution in [0.4, 0.5) is 28.4 Å². The van der Waals surface area contributed by atoms with Crippen molar-refractivity contribution < 1.29 is 72.0 Å². The van der Waals surface area contributed by atoms with Gasteiger partial charge in [-0.25, -0.2) is 24.2 Å². The Balaban J connectivity index is 0.000000119. The second-order valence-electron chi connectivity index (χ2n) is 37.0. The number of halogens is 4. The SMILES string of the molecule is CCN(CC)c1ccc2c(c1)Oc1cc(N(CC)CC)ccc1C21OC(=O)c2c(Cl)c(Cl)c(Cl)c(Cl)c21.CCN(CC)c1ccc2c(c1)Oc1cc(OC)c(N(C)c3ccccc3)cc1C21OC(=O)c2ccccc21.COc1ccc2c(c1)c(C1(c3c(C)n(C)c4ccc(CO)cc34)OC(=O)c3cccnc31)c(C)n2C.COc1ccc2c(c1)c(C1(c3c(C)n(C)c4ccc(CO)cc34)OC(=O)c3nccnc31)c(C)n2C.